The van der Waals surface area contributed by atoms with E-state index >= 15 is 0 Å². The van der Waals surface area contributed by atoms with Gasteiger partial charge in [-0.2, -0.15) is 0 Å². The maximum Gasteiger partial charge on any atom is 0.235 e. The zero-order valence-corrected chi connectivity index (χ0v) is 20.2. The summed E-state index contributed by atoms with van der Waals surface area (Å²) in [5, 5.41) is 11.0. The third kappa shape index (κ3) is 4.59. The van der Waals surface area contributed by atoms with Crippen molar-refractivity contribution in [2.45, 2.75) is 13.5 Å². The number of benzene rings is 3. The molecular formula is C28H27FN2O5. The number of fused-ring (bicyclic) bond motifs is 1. The molecule has 0 spiro atoms. The number of piperazine rings is 1. The van der Waals surface area contributed by atoms with E-state index in [1.54, 1.807) is 56.5 Å². The summed E-state index contributed by atoms with van der Waals surface area (Å²) < 4.78 is 31.3. The van der Waals surface area contributed by atoms with E-state index in [0.717, 1.165) is 0 Å². The molecule has 36 heavy (non-hydrogen) atoms. The lowest BCUT2D eigenvalue weighted by Gasteiger charge is -2.36. The predicted octanol–water partition coefficient (Wildman–Crippen LogP) is 5.07. The van der Waals surface area contributed by atoms with E-state index in [1.807, 2.05) is 11.0 Å². The van der Waals surface area contributed by atoms with Crippen LogP contribution in [0.25, 0.3) is 11.0 Å². The normalized spacial score (nSPS) is 14.2. The highest BCUT2D eigenvalue weighted by molar-refractivity contribution is 5.83. The van der Waals surface area contributed by atoms with Gasteiger partial charge >= 0.3 is 0 Å². The monoisotopic (exact) mass is 490 g/mol. The van der Waals surface area contributed by atoms with Gasteiger partial charge in [-0.25, -0.2) is 4.39 Å². The smallest absolute Gasteiger partial charge is 0.235 e. The summed E-state index contributed by atoms with van der Waals surface area (Å²) in [5.41, 5.74) is 1.16. The number of methoxy groups -OCH3 is 1. The molecule has 1 aliphatic rings. The van der Waals surface area contributed by atoms with Crippen LogP contribution < -0.4 is 19.8 Å². The molecule has 0 bridgehead atoms. The Kier molecular flexibility index (Phi) is 6.52. The molecule has 3 aromatic carbocycles. The Labute approximate surface area is 207 Å². The maximum absolute atomic E-state index is 14.2. The number of hydrogen-bond donors (Lipinski definition) is 1. The van der Waals surface area contributed by atoms with Gasteiger partial charge in [-0.05, 0) is 43.3 Å². The second-order valence-electron chi connectivity index (χ2n) is 8.75. The van der Waals surface area contributed by atoms with Crippen molar-refractivity contribution < 1.29 is 23.4 Å². The number of para-hydroxylation sites is 1. The molecule has 2 heterocycles. The molecule has 0 saturated carbocycles. The van der Waals surface area contributed by atoms with Crippen LogP contribution in [-0.4, -0.2) is 43.3 Å². The van der Waals surface area contributed by atoms with Gasteiger partial charge in [0.15, 0.2) is 0 Å². The van der Waals surface area contributed by atoms with Crippen LogP contribution in [0, 0.1) is 12.7 Å². The van der Waals surface area contributed by atoms with Crippen LogP contribution in [0.4, 0.5) is 10.1 Å². The largest absolute Gasteiger partial charge is 0.507 e. The van der Waals surface area contributed by atoms with Gasteiger partial charge in [0.05, 0.1) is 23.7 Å². The minimum atomic E-state index is -0.317. The molecule has 0 unspecified atom stereocenters. The number of hydrogen-bond acceptors (Lipinski definition) is 7. The number of rotatable bonds is 6. The van der Waals surface area contributed by atoms with Crippen molar-refractivity contribution in [2.24, 2.45) is 0 Å². The second-order valence-corrected chi connectivity index (χ2v) is 8.75. The molecule has 186 valence electrons. The molecule has 1 aromatic heterocycles. The summed E-state index contributed by atoms with van der Waals surface area (Å²) >= 11 is 0. The van der Waals surface area contributed by atoms with Gasteiger partial charge in [-0.3, -0.25) is 9.69 Å². The molecule has 1 N–H and O–H groups in total. The molecule has 0 amide bonds. The van der Waals surface area contributed by atoms with Gasteiger partial charge in [-0.1, -0.05) is 18.2 Å². The van der Waals surface area contributed by atoms with Crippen LogP contribution in [0.3, 0.4) is 0 Å². The van der Waals surface area contributed by atoms with E-state index in [-0.39, 0.29) is 22.7 Å². The van der Waals surface area contributed by atoms with Crippen molar-refractivity contribution >= 4 is 16.7 Å². The molecule has 5 rings (SSSR count). The van der Waals surface area contributed by atoms with E-state index in [2.05, 4.69) is 4.90 Å². The molecule has 0 radical (unpaired) electrons. The van der Waals surface area contributed by atoms with Crippen molar-refractivity contribution in [3.05, 3.63) is 88.0 Å². The van der Waals surface area contributed by atoms with Crippen molar-refractivity contribution in [1.82, 2.24) is 4.90 Å². The Balaban J connectivity index is 1.40. The molecule has 0 atom stereocenters. The van der Waals surface area contributed by atoms with Gasteiger partial charge in [-0.15, -0.1) is 0 Å². The SMILES string of the molecule is COc1cccc(Oc2c(C)oc3c(CN4CCN(c5ccccc5F)CC4)c(O)ccc3c2=O)c1. The quantitative estimate of drug-likeness (QED) is 0.405. The fourth-order valence-corrected chi connectivity index (χ4v) is 4.53. The number of halogens is 1. The first kappa shape index (κ1) is 23.7. The van der Waals surface area contributed by atoms with Crippen molar-refractivity contribution in [3.8, 4) is 23.0 Å². The Morgan fingerprint density at radius 3 is 2.50 bits per heavy atom. The first-order valence-electron chi connectivity index (χ1n) is 11.8. The van der Waals surface area contributed by atoms with Crippen molar-refractivity contribution in [2.75, 3.05) is 38.2 Å². The average molecular weight is 491 g/mol. The van der Waals surface area contributed by atoms with Crippen LogP contribution in [0.2, 0.25) is 0 Å². The summed E-state index contributed by atoms with van der Waals surface area (Å²) in [7, 11) is 1.56. The fraction of sp³-hybridized carbons (Fsp3) is 0.250. The van der Waals surface area contributed by atoms with E-state index in [4.69, 9.17) is 13.9 Å². The maximum atomic E-state index is 14.2. The number of phenolic OH excluding ortho intramolecular Hbond substituents is 1. The summed E-state index contributed by atoms with van der Waals surface area (Å²) in [6.45, 7) is 4.70. The Morgan fingerprint density at radius 2 is 1.75 bits per heavy atom. The Hall–Kier alpha value is -4.04. The van der Waals surface area contributed by atoms with E-state index in [0.29, 0.717) is 72.2 Å². The molecule has 7 nitrogen and oxygen atoms in total. The van der Waals surface area contributed by atoms with Gasteiger partial charge in [0.1, 0.15) is 34.4 Å². The van der Waals surface area contributed by atoms with E-state index in [9.17, 15) is 14.3 Å². The predicted molar refractivity (Wildman–Crippen MR) is 136 cm³/mol. The zero-order chi connectivity index (χ0) is 25.2. The molecule has 4 aromatic rings. The minimum absolute atomic E-state index is 0.0584. The number of phenols is 1. The van der Waals surface area contributed by atoms with Crippen LogP contribution in [-0.2, 0) is 6.54 Å². The van der Waals surface area contributed by atoms with Crippen LogP contribution in [0.15, 0.2) is 69.9 Å². The third-order valence-electron chi connectivity index (χ3n) is 6.47. The number of ether oxygens (including phenoxy) is 2. The molecule has 0 aliphatic carbocycles. The van der Waals surface area contributed by atoms with Crippen molar-refractivity contribution in [3.63, 3.8) is 0 Å². The first-order chi connectivity index (χ1) is 17.4. The van der Waals surface area contributed by atoms with Gasteiger partial charge < -0.3 is 23.9 Å². The highest BCUT2D eigenvalue weighted by Gasteiger charge is 2.23. The lowest BCUT2D eigenvalue weighted by molar-refractivity contribution is 0.246. The lowest BCUT2D eigenvalue weighted by atomic mass is 10.1. The lowest BCUT2D eigenvalue weighted by Crippen LogP contribution is -2.46. The Morgan fingerprint density at radius 1 is 1.00 bits per heavy atom. The fourth-order valence-electron chi connectivity index (χ4n) is 4.53. The van der Waals surface area contributed by atoms with Crippen LogP contribution >= 0.6 is 0 Å². The summed E-state index contributed by atoms with van der Waals surface area (Å²) in [5.74, 6) is 1.29. The molecular weight excluding hydrogens is 463 g/mol. The molecule has 1 saturated heterocycles. The van der Waals surface area contributed by atoms with Gasteiger partial charge in [0, 0.05) is 38.8 Å². The van der Waals surface area contributed by atoms with Gasteiger partial charge in [0.2, 0.25) is 11.2 Å². The highest BCUT2D eigenvalue weighted by Crippen LogP contribution is 2.33. The summed E-state index contributed by atoms with van der Waals surface area (Å²) in [4.78, 5) is 17.5. The topological polar surface area (TPSA) is 75.4 Å². The summed E-state index contributed by atoms with van der Waals surface area (Å²) in [6.07, 6.45) is 0. The minimum Gasteiger partial charge on any atom is -0.507 e. The number of anilines is 1. The number of aromatic hydroxyl groups is 1. The van der Waals surface area contributed by atoms with Crippen LogP contribution in [0.1, 0.15) is 11.3 Å². The van der Waals surface area contributed by atoms with E-state index < -0.39 is 0 Å². The summed E-state index contributed by atoms with van der Waals surface area (Å²) in [6, 6.07) is 16.8. The third-order valence-corrected chi connectivity index (χ3v) is 6.47. The molecule has 1 fully saturated rings. The standard InChI is InChI=1S/C28H27FN2O5/c1-18-27(36-20-7-5-6-19(16-20)34-2)26(33)21-10-11-25(32)22(28(21)35-18)17-30-12-14-31(15-13-30)24-9-4-3-8-23(24)29/h3-11,16,32H,12-15,17H2,1-2H3. The first-order valence-corrected chi connectivity index (χ1v) is 11.8. The zero-order valence-electron chi connectivity index (χ0n) is 20.2. The van der Waals surface area contributed by atoms with Gasteiger partial charge in [0.25, 0.3) is 0 Å². The number of aryl methyl sites for hydroxylation is 1. The average Bonchev–Trinajstić information content (AvgIpc) is 2.89. The molecule has 1 aliphatic heterocycles. The van der Waals surface area contributed by atoms with E-state index in [1.165, 1.54) is 12.1 Å². The Bertz CT molecular complexity index is 1460. The second kappa shape index (κ2) is 9.91. The van der Waals surface area contributed by atoms with Crippen LogP contribution in [0.5, 0.6) is 23.0 Å². The van der Waals surface area contributed by atoms with Crippen molar-refractivity contribution in [1.29, 1.82) is 0 Å². The highest BCUT2D eigenvalue weighted by atomic mass is 19.1. The number of nitrogens with zero attached hydrogens (tertiary/aromatic N) is 2. The molecule has 8 heteroatoms.